The number of aliphatic imine (C=N–C) groups is 1. The first-order chi connectivity index (χ1) is 9.47. The molecule has 0 radical (unpaired) electrons. The van der Waals surface area contributed by atoms with Crippen molar-refractivity contribution in [1.82, 2.24) is 19.5 Å². The molecule has 1 aliphatic rings. The van der Waals surface area contributed by atoms with Gasteiger partial charge in [0, 0.05) is 31.9 Å². The van der Waals surface area contributed by atoms with Gasteiger partial charge in [0.2, 0.25) is 5.95 Å². The van der Waals surface area contributed by atoms with Crippen LogP contribution in [0, 0.1) is 0 Å². The number of nitrogens with zero attached hydrogens (tertiary/aromatic N) is 4. The molecule has 9 heteroatoms. The number of hydrogen-bond acceptors (Lipinski definition) is 7. The van der Waals surface area contributed by atoms with Crippen LogP contribution in [0.4, 0.5) is 17.5 Å². The van der Waals surface area contributed by atoms with E-state index in [1.54, 1.807) is 13.3 Å². The van der Waals surface area contributed by atoms with Crippen molar-refractivity contribution in [3.63, 3.8) is 0 Å². The number of nitrogens with one attached hydrogen (secondary N) is 1. The van der Waals surface area contributed by atoms with Gasteiger partial charge in [-0.1, -0.05) is 0 Å². The lowest BCUT2D eigenvalue weighted by molar-refractivity contribution is 0.799. The number of rotatable bonds is 0. The number of H-pyrrole nitrogens is 1. The molecule has 0 amide bonds. The Hall–Kier alpha value is -2.97. The summed E-state index contributed by atoms with van der Waals surface area (Å²) < 4.78 is 1.29. The Bertz CT molecular complexity index is 775. The maximum Gasteiger partial charge on any atom is 0.328 e. The van der Waals surface area contributed by atoms with Gasteiger partial charge < -0.3 is 16.0 Å². The van der Waals surface area contributed by atoms with Crippen LogP contribution in [0.25, 0.3) is 0 Å². The van der Waals surface area contributed by atoms with Gasteiger partial charge in [-0.2, -0.15) is 4.98 Å². The summed E-state index contributed by atoms with van der Waals surface area (Å²) in [4.78, 5) is 34.8. The first-order valence-electron chi connectivity index (χ1n) is 5.67. The molecule has 0 spiro atoms. The molecule has 0 saturated carbocycles. The SMILES string of the molecule is Cn1ccc(=O)[nH]c1=O.Nc1nc(N)c2c(n1)CC=N2. The number of hydrogen-bond donors (Lipinski definition) is 3. The Morgan fingerprint density at radius 1 is 1.30 bits per heavy atom. The molecule has 9 nitrogen and oxygen atoms in total. The molecular formula is C11H13N7O2. The van der Waals surface area contributed by atoms with Crippen LogP contribution in [0.1, 0.15) is 5.69 Å². The van der Waals surface area contributed by atoms with Gasteiger partial charge in [-0.15, -0.1) is 0 Å². The number of anilines is 2. The number of aryl methyl sites for hydroxylation is 1. The fourth-order valence-corrected chi connectivity index (χ4v) is 1.53. The molecule has 0 fully saturated rings. The van der Waals surface area contributed by atoms with Crippen molar-refractivity contribution in [2.75, 3.05) is 11.5 Å². The fourth-order valence-electron chi connectivity index (χ4n) is 1.53. The average Bonchev–Trinajstić information content (AvgIpc) is 2.83. The van der Waals surface area contributed by atoms with E-state index >= 15 is 0 Å². The Morgan fingerprint density at radius 3 is 2.70 bits per heavy atom. The van der Waals surface area contributed by atoms with Gasteiger partial charge in [0.15, 0.2) is 5.82 Å². The summed E-state index contributed by atoms with van der Waals surface area (Å²) in [5.74, 6) is 0.577. The van der Waals surface area contributed by atoms with Crippen LogP contribution in [0.2, 0.25) is 0 Å². The summed E-state index contributed by atoms with van der Waals surface area (Å²) >= 11 is 0. The molecule has 0 bridgehead atoms. The van der Waals surface area contributed by atoms with Crippen LogP contribution in [0.3, 0.4) is 0 Å². The summed E-state index contributed by atoms with van der Waals surface area (Å²) in [6.45, 7) is 0. The smallest absolute Gasteiger partial charge is 0.328 e. The molecule has 104 valence electrons. The van der Waals surface area contributed by atoms with E-state index < -0.39 is 0 Å². The third-order valence-corrected chi connectivity index (χ3v) is 2.51. The maximum absolute atomic E-state index is 10.5. The van der Waals surface area contributed by atoms with E-state index in [4.69, 9.17) is 11.5 Å². The third-order valence-electron chi connectivity index (χ3n) is 2.51. The first kappa shape index (κ1) is 13.5. The predicted octanol–water partition coefficient (Wildman–Crippen LogP) is -1.03. The Morgan fingerprint density at radius 2 is 2.05 bits per heavy atom. The van der Waals surface area contributed by atoms with Gasteiger partial charge in [0.1, 0.15) is 5.69 Å². The standard InChI is InChI=1S/C6H7N5.C5H6N2O2/c7-5-4-3(1-2-9-4)10-6(8)11-5;1-7-3-2-4(8)6-5(7)9/h2H,1H2,(H4,7,8,10,11);2-3H,1H3,(H,6,8,9). The predicted molar refractivity (Wildman–Crippen MR) is 75.0 cm³/mol. The molecule has 0 unspecified atom stereocenters. The van der Waals surface area contributed by atoms with Crippen LogP contribution in [-0.2, 0) is 13.5 Å². The van der Waals surface area contributed by atoms with Crippen LogP contribution in [0.15, 0.2) is 26.8 Å². The van der Waals surface area contributed by atoms with Gasteiger partial charge in [-0.3, -0.25) is 14.8 Å². The van der Waals surface area contributed by atoms with E-state index in [9.17, 15) is 9.59 Å². The zero-order chi connectivity index (χ0) is 14.7. The van der Waals surface area contributed by atoms with Gasteiger partial charge >= 0.3 is 5.69 Å². The molecule has 1 aliphatic heterocycles. The second kappa shape index (κ2) is 5.34. The highest BCUT2D eigenvalue weighted by atomic mass is 16.2. The molecule has 0 saturated heterocycles. The number of nitrogens with two attached hydrogens (primary N) is 2. The average molecular weight is 275 g/mol. The quantitative estimate of drug-likeness (QED) is 0.560. The summed E-state index contributed by atoms with van der Waals surface area (Å²) in [6.07, 6.45) is 3.86. The van der Waals surface area contributed by atoms with Crippen molar-refractivity contribution in [3.8, 4) is 0 Å². The first-order valence-corrected chi connectivity index (χ1v) is 5.67. The van der Waals surface area contributed by atoms with E-state index in [2.05, 4.69) is 19.9 Å². The molecule has 0 aliphatic carbocycles. The Labute approximate surface area is 113 Å². The topological polar surface area (TPSA) is 145 Å². The monoisotopic (exact) mass is 275 g/mol. The van der Waals surface area contributed by atoms with Crippen molar-refractivity contribution in [1.29, 1.82) is 0 Å². The lowest BCUT2D eigenvalue weighted by Crippen LogP contribution is -2.26. The molecule has 20 heavy (non-hydrogen) atoms. The van der Waals surface area contributed by atoms with Crippen molar-refractivity contribution < 1.29 is 0 Å². The highest BCUT2D eigenvalue weighted by Crippen LogP contribution is 2.27. The van der Waals surface area contributed by atoms with E-state index in [1.807, 2.05) is 0 Å². The lowest BCUT2D eigenvalue weighted by atomic mass is 10.3. The maximum atomic E-state index is 10.5. The minimum absolute atomic E-state index is 0.215. The molecule has 3 heterocycles. The minimum atomic E-state index is -0.387. The molecule has 2 aromatic rings. The lowest BCUT2D eigenvalue weighted by Gasteiger charge is -2.00. The second-order valence-corrected chi connectivity index (χ2v) is 4.00. The summed E-state index contributed by atoms with van der Waals surface area (Å²) in [6, 6.07) is 1.29. The Kier molecular flexibility index (Phi) is 3.60. The van der Waals surface area contributed by atoms with Crippen LogP contribution in [0.5, 0.6) is 0 Å². The van der Waals surface area contributed by atoms with Gasteiger partial charge in [0.05, 0.1) is 5.69 Å². The van der Waals surface area contributed by atoms with Crippen molar-refractivity contribution in [3.05, 3.63) is 38.8 Å². The number of aromatic nitrogens is 4. The van der Waals surface area contributed by atoms with Crippen LogP contribution in [-0.4, -0.2) is 25.7 Å². The van der Waals surface area contributed by atoms with Gasteiger partial charge in [-0.25, -0.2) is 9.78 Å². The van der Waals surface area contributed by atoms with Gasteiger partial charge in [-0.05, 0) is 0 Å². The molecule has 0 aromatic carbocycles. The van der Waals surface area contributed by atoms with E-state index in [0.717, 1.165) is 5.69 Å². The van der Waals surface area contributed by atoms with Crippen molar-refractivity contribution in [2.45, 2.75) is 6.42 Å². The molecule has 2 aromatic heterocycles. The van der Waals surface area contributed by atoms with Crippen LogP contribution >= 0.6 is 0 Å². The molecular weight excluding hydrogens is 262 g/mol. The molecule has 3 rings (SSSR count). The zero-order valence-electron chi connectivity index (χ0n) is 10.7. The Balaban J connectivity index is 0.000000151. The fraction of sp³-hybridized carbons (Fsp3) is 0.182. The number of fused-ring (bicyclic) bond motifs is 1. The number of nitrogen functional groups attached to an aromatic ring is 2. The van der Waals surface area contributed by atoms with Gasteiger partial charge in [0.25, 0.3) is 5.56 Å². The number of aromatic amines is 1. The van der Waals surface area contributed by atoms with E-state index in [0.29, 0.717) is 17.9 Å². The molecule has 0 atom stereocenters. The molecule has 5 N–H and O–H groups in total. The van der Waals surface area contributed by atoms with Crippen molar-refractivity contribution >= 4 is 23.7 Å². The van der Waals surface area contributed by atoms with Crippen LogP contribution < -0.4 is 22.7 Å². The summed E-state index contributed by atoms with van der Waals surface area (Å²) in [5, 5.41) is 0. The van der Waals surface area contributed by atoms with E-state index in [-0.39, 0.29) is 17.2 Å². The highest BCUT2D eigenvalue weighted by Gasteiger charge is 2.12. The zero-order valence-corrected chi connectivity index (χ0v) is 10.7. The van der Waals surface area contributed by atoms with E-state index in [1.165, 1.54) is 16.8 Å². The highest BCUT2D eigenvalue weighted by molar-refractivity contribution is 5.79. The third kappa shape index (κ3) is 2.88. The largest absolute Gasteiger partial charge is 0.382 e. The summed E-state index contributed by atoms with van der Waals surface area (Å²) in [7, 11) is 1.57. The summed E-state index contributed by atoms with van der Waals surface area (Å²) in [5.41, 5.74) is 11.6. The normalized spacial score (nSPS) is 11.7. The minimum Gasteiger partial charge on any atom is -0.382 e. The second-order valence-electron chi connectivity index (χ2n) is 4.00. The van der Waals surface area contributed by atoms with Crippen molar-refractivity contribution in [2.24, 2.45) is 12.0 Å².